The predicted octanol–water partition coefficient (Wildman–Crippen LogP) is 4.80. The molecule has 0 fully saturated rings. The molecule has 0 bridgehead atoms. The fraction of sp³-hybridized carbons (Fsp3) is 0.100. The molecule has 0 radical (unpaired) electrons. The Morgan fingerprint density at radius 3 is 2.37 bits per heavy atom. The van der Waals surface area contributed by atoms with Crippen LogP contribution in [0.2, 0.25) is 5.02 Å². The van der Waals surface area contributed by atoms with E-state index in [0.717, 1.165) is 0 Å². The quantitative estimate of drug-likeness (QED) is 0.661. The molecule has 7 heteroatoms. The third-order valence-corrected chi connectivity index (χ3v) is 3.92. The summed E-state index contributed by atoms with van der Waals surface area (Å²) in [6, 6.07) is 15.4. The SMILES string of the molecule is COc1ccccc1Oc1ccc(NC(=O)c2ccc(Cl)cc2OC)cn1. The van der Waals surface area contributed by atoms with E-state index in [1.807, 2.05) is 12.1 Å². The lowest BCUT2D eigenvalue weighted by Gasteiger charge is -2.11. The van der Waals surface area contributed by atoms with Gasteiger partial charge in [0.05, 0.1) is 31.7 Å². The zero-order valence-corrected chi connectivity index (χ0v) is 15.5. The fourth-order valence-electron chi connectivity index (χ4n) is 2.38. The van der Waals surface area contributed by atoms with Gasteiger partial charge in [-0.1, -0.05) is 23.7 Å². The summed E-state index contributed by atoms with van der Waals surface area (Å²) in [5.41, 5.74) is 0.889. The van der Waals surface area contributed by atoms with Crippen molar-refractivity contribution in [3.8, 4) is 23.1 Å². The lowest BCUT2D eigenvalue weighted by atomic mass is 10.2. The maximum atomic E-state index is 12.5. The van der Waals surface area contributed by atoms with Crippen LogP contribution < -0.4 is 19.5 Å². The van der Waals surface area contributed by atoms with Crippen LogP contribution in [0.5, 0.6) is 23.1 Å². The largest absolute Gasteiger partial charge is 0.496 e. The Hall–Kier alpha value is -3.25. The van der Waals surface area contributed by atoms with Gasteiger partial charge in [-0.05, 0) is 36.4 Å². The van der Waals surface area contributed by atoms with Gasteiger partial charge in [-0.2, -0.15) is 0 Å². The average Bonchev–Trinajstić information content (AvgIpc) is 2.69. The number of methoxy groups -OCH3 is 2. The lowest BCUT2D eigenvalue weighted by Crippen LogP contribution is -2.13. The van der Waals surface area contributed by atoms with E-state index in [2.05, 4.69) is 10.3 Å². The molecule has 6 nitrogen and oxygen atoms in total. The lowest BCUT2D eigenvalue weighted by molar-refractivity contribution is 0.102. The van der Waals surface area contributed by atoms with Gasteiger partial charge in [0.2, 0.25) is 5.88 Å². The number of aromatic nitrogens is 1. The maximum Gasteiger partial charge on any atom is 0.259 e. The molecule has 1 aromatic heterocycles. The van der Waals surface area contributed by atoms with E-state index < -0.39 is 0 Å². The number of para-hydroxylation sites is 2. The molecule has 0 spiro atoms. The summed E-state index contributed by atoms with van der Waals surface area (Å²) in [4.78, 5) is 16.7. The van der Waals surface area contributed by atoms with Crippen molar-refractivity contribution >= 4 is 23.2 Å². The second-order valence-electron chi connectivity index (χ2n) is 5.44. The number of hydrogen-bond acceptors (Lipinski definition) is 5. The summed E-state index contributed by atoms with van der Waals surface area (Å²) in [5, 5.41) is 3.25. The Kier molecular flexibility index (Phi) is 5.78. The molecule has 1 heterocycles. The molecule has 3 aromatic rings. The topological polar surface area (TPSA) is 69.7 Å². The van der Waals surface area contributed by atoms with Crippen LogP contribution in [0.3, 0.4) is 0 Å². The number of benzene rings is 2. The molecule has 2 aromatic carbocycles. The zero-order valence-electron chi connectivity index (χ0n) is 14.7. The van der Waals surface area contributed by atoms with E-state index in [4.69, 9.17) is 25.8 Å². The van der Waals surface area contributed by atoms with Crippen molar-refractivity contribution in [3.05, 3.63) is 71.4 Å². The van der Waals surface area contributed by atoms with Gasteiger partial charge >= 0.3 is 0 Å². The van der Waals surface area contributed by atoms with Crippen LogP contribution >= 0.6 is 11.6 Å². The molecule has 0 aliphatic rings. The summed E-state index contributed by atoms with van der Waals surface area (Å²) in [5.74, 6) is 1.59. The minimum atomic E-state index is -0.330. The Labute approximate surface area is 161 Å². The number of ether oxygens (including phenoxy) is 3. The smallest absolute Gasteiger partial charge is 0.259 e. The van der Waals surface area contributed by atoms with Crippen molar-refractivity contribution in [2.75, 3.05) is 19.5 Å². The molecule has 0 saturated heterocycles. The minimum Gasteiger partial charge on any atom is -0.496 e. The number of halogens is 1. The molecule has 3 rings (SSSR count). The first kappa shape index (κ1) is 18.5. The van der Waals surface area contributed by atoms with Crippen LogP contribution in [0.15, 0.2) is 60.8 Å². The van der Waals surface area contributed by atoms with E-state index in [-0.39, 0.29) is 5.91 Å². The third kappa shape index (κ3) is 4.48. The Balaban J connectivity index is 1.71. The minimum absolute atomic E-state index is 0.330. The van der Waals surface area contributed by atoms with Gasteiger partial charge in [0.1, 0.15) is 5.75 Å². The van der Waals surface area contributed by atoms with Crippen LogP contribution in [0, 0.1) is 0 Å². The zero-order chi connectivity index (χ0) is 19.2. The van der Waals surface area contributed by atoms with Crippen molar-refractivity contribution < 1.29 is 19.0 Å². The van der Waals surface area contributed by atoms with Gasteiger partial charge in [0.25, 0.3) is 5.91 Å². The summed E-state index contributed by atoms with van der Waals surface area (Å²) < 4.78 is 16.2. The number of hydrogen-bond donors (Lipinski definition) is 1. The van der Waals surface area contributed by atoms with Gasteiger partial charge in [-0.15, -0.1) is 0 Å². The highest BCUT2D eigenvalue weighted by atomic mass is 35.5. The molecule has 0 unspecified atom stereocenters. The average molecular weight is 385 g/mol. The third-order valence-electron chi connectivity index (χ3n) is 3.69. The molecule has 0 aliphatic carbocycles. The van der Waals surface area contributed by atoms with E-state index in [9.17, 15) is 4.79 Å². The van der Waals surface area contributed by atoms with Crippen LogP contribution in [-0.4, -0.2) is 25.1 Å². The first-order valence-electron chi connectivity index (χ1n) is 8.02. The summed E-state index contributed by atoms with van der Waals surface area (Å²) >= 11 is 5.92. The van der Waals surface area contributed by atoms with Gasteiger partial charge in [-0.3, -0.25) is 4.79 Å². The van der Waals surface area contributed by atoms with Gasteiger partial charge in [0.15, 0.2) is 11.5 Å². The van der Waals surface area contributed by atoms with Gasteiger partial charge in [-0.25, -0.2) is 4.98 Å². The maximum absolute atomic E-state index is 12.5. The molecule has 0 atom stereocenters. The summed E-state index contributed by atoms with van der Waals surface area (Å²) in [6.07, 6.45) is 1.51. The van der Waals surface area contributed by atoms with Crippen molar-refractivity contribution in [3.63, 3.8) is 0 Å². The van der Waals surface area contributed by atoms with Gasteiger partial charge < -0.3 is 19.5 Å². The number of nitrogens with zero attached hydrogens (tertiary/aromatic N) is 1. The van der Waals surface area contributed by atoms with Crippen molar-refractivity contribution in [1.29, 1.82) is 0 Å². The Bertz CT molecular complexity index is 945. The fourth-order valence-corrected chi connectivity index (χ4v) is 2.54. The van der Waals surface area contributed by atoms with Crippen molar-refractivity contribution in [2.24, 2.45) is 0 Å². The molecule has 1 N–H and O–H groups in total. The molecule has 0 saturated carbocycles. The Morgan fingerprint density at radius 1 is 0.963 bits per heavy atom. The van der Waals surface area contributed by atoms with Crippen LogP contribution in [0.4, 0.5) is 5.69 Å². The standard InChI is InChI=1S/C20H17ClN2O4/c1-25-16-5-3-4-6-17(16)27-19-10-8-14(12-22-19)23-20(24)15-9-7-13(21)11-18(15)26-2/h3-12H,1-2H3,(H,23,24). The molecular weight excluding hydrogens is 368 g/mol. The first-order valence-corrected chi connectivity index (χ1v) is 8.40. The highest BCUT2D eigenvalue weighted by Gasteiger charge is 2.13. The molecule has 0 aliphatic heterocycles. The Morgan fingerprint density at radius 2 is 1.70 bits per heavy atom. The predicted molar refractivity (Wildman–Crippen MR) is 103 cm³/mol. The number of rotatable bonds is 6. The first-order chi connectivity index (χ1) is 13.1. The number of amides is 1. The normalized spacial score (nSPS) is 10.2. The van der Waals surface area contributed by atoms with E-state index in [1.54, 1.807) is 49.6 Å². The van der Waals surface area contributed by atoms with Crippen molar-refractivity contribution in [2.45, 2.75) is 0 Å². The number of pyridine rings is 1. The van der Waals surface area contributed by atoms with Crippen LogP contribution in [-0.2, 0) is 0 Å². The highest BCUT2D eigenvalue weighted by molar-refractivity contribution is 6.31. The highest BCUT2D eigenvalue weighted by Crippen LogP contribution is 2.30. The van der Waals surface area contributed by atoms with Crippen LogP contribution in [0.1, 0.15) is 10.4 Å². The number of carbonyl (C=O) groups excluding carboxylic acids is 1. The van der Waals surface area contributed by atoms with Gasteiger partial charge in [0, 0.05) is 11.1 Å². The number of anilines is 1. The van der Waals surface area contributed by atoms with E-state index in [0.29, 0.717) is 39.4 Å². The summed E-state index contributed by atoms with van der Waals surface area (Å²) in [7, 11) is 3.05. The monoisotopic (exact) mass is 384 g/mol. The van der Waals surface area contributed by atoms with Crippen LogP contribution in [0.25, 0.3) is 0 Å². The second kappa shape index (κ2) is 8.42. The molecule has 27 heavy (non-hydrogen) atoms. The second-order valence-corrected chi connectivity index (χ2v) is 5.87. The van der Waals surface area contributed by atoms with E-state index >= 15 is 0 Å². The number of nitrogens with one attached hydrogen (secondary N) is 1. The molecular formula is C20H17ClN2O4. The van der Waals surface area contributed by atoms with Crippen molar-refractivity contribution in [1.82, 2.24) is 4.98 Å². The molecule has 1 amide bonds. The molecule has 138 valence electrons. The summed E-state index contributed by atoms with van der Waals surface area (Å²) in [6.45, 7) is 0. The van der Waals surface area contributed by atoms with E-state index in [1.165, 1.54) is 13.3 Å². The number of carbonyl (C=O) groups is 1.